The smallest absolute Gasteiger partial charge is 0.164 e. The van der Waals surface area contributed by atoms with Crippen molar-refractivity contribution in [2.24, 2.45) is 0 Å². The van der Waals surface area contributed by atoms with E-state index >= 15 is 0 Å². The summed E-state index contributed by atoms with van der Waals surface area (Å²) < 4.78 is 21.1. The Hall–Kier alpha value is -2.58. The summed E-state index contributed by atoms with van der Waals surface area (Å²) in [5.74, 6) is -0.667. The molecule has 164 valence electrons. The van der Waals surface area contributed by atoms with Gasteiger partial charge in [0.2, 0.25) is 0 Å². The zero-order valence-electron chi connectivity index (χ0n) is 17.8. The molecule has 0 spiro atoms. The van der Waals surface area contributed by atoms with Crippen LogP contribution >= 0.6 is 11.6 Å². The zero-order valence-corrected chi connectivity index (χ0v) is 18.6. The maximum atomic E-state index is 6.52. The van der Waals surface area contributed by atoms with Gasteiger partial charge in [-0.15, -0.1) is 0 Å². The molecule has 2 saturated heterocycles. The lowest BCUT2D eigenvalue weighted by molar-refractivity contribution is -0.196. The van der Waals surface area contributed by atoms with Crippen LogP contribution in [0.3, 0.4) is 0 Å². The van der Waals surface area contributed by atoms with Gasteiger partial charge >= 0.3 is 0 Å². The summed E-state index contributed by atoms with van der Waals surface area (Å²) in [5.41, 5.74) is 1.97. The first-order chi connectivity index (χ1) is 15.5. The molecule has 5 heterocycles. The van der Waals surface area contributed by atoms with E-state index in [1.165, 1.54) is 17.3 Å². The molecule has 6 rings (SSSR count). The van der Waals surface area contributed by atoms with Crippen molar-refractivity contribution in [1.29, 1.82) is 0 Å². The number of fused-ring (bicyclic) bond motifs is 3. The molecule has 2 aliphatic heterocycles. The van der Waals surface area contributed by atoms with Gasteiger partial charge in [-0.05, 0) is 55.8 Å². The zero-order chi connectivity index (χ0) is 21.9. The first-order valence-electron chi connectivity index (χ1n) is 10.8. The summed E-state index contributed by atoms with van der Waals surface area (Å²) in [4.78, 5) is 12.7. The molecule has 4 aromatic rings. The second kappa shape index (κ2) is 7.49. The molecule has 32 heavy (non-hydrogen) atoms. The van der Waals surface area contributed by atoms with Gasteiger partial charge < -0.3 is 18.8 Å². The summed E-state index contributed by atoms with van der Waals surface area (Å²) in [7, 11) is 0. The van der Waals surface area contributed by atoms with Gasteiger partial charge in [-0.3, -0.25) is 4.98 Å². The molecule has 0 unspecified atom stereocenters. The Balaban J connectivity index is 1.28. The minimum absolute atomic E-state index is 0.105. The molecule has 3 aromatic heterocycles. The average molecular weight is 451 g/mol. The van der Waals surface area contributed by atoms with Crippen LogP contribution in [0.15, 0.2) is 55.2 Å². The number of hydrogen-bond acceptors (Lipinski definition) is 6. The Kier molecular flexibility index (Phi) is 4.69. The number of aromatic nitrogens is 4. The van der Waals surface area contributed by atoms with Gasteiger partial charge in [-0.1, -0.05) is 23.7 Å². The Morgan fingerprint density at radius 3 is 2.84 bits per heavy atom. The molecule has 0 N–H and O–H groups in total. The van der Waals surface area contributed by atoms with Crippen LogP contribution in [0.2, 0.25) is 5.15 Å². The summed E-state index contributed by atoms with van der Waals surface area (Å²) in [6.45, 7) is 3.89. The summed E-state index contributed by atoms with van der Waals surface area (Å²) >= 11 is 6.26. The first kappa shape index (κ1) is 20.1. The molecule has 2 fully saturated rings. The van der Waals surface area contributed by atoms with Crippen LogP contribution in [-0.2, 0) is 20.6 Å². The number of nitrogens with zero attached hydrogens (tertiary/aromatic N) is 4. The van der Waals surface area contributed by atoms with Gasteiger partial charge in [0.25, 0.3) is 0 Å². The van der Waals surface area contributed by atoms with Crippen LogP contribution in [-0.4, -0.2) is 43.6 Å². The lowest BCUT2D eigenvalue weighted by Gasteiger charge is -2.25. The van der Waals surface area contributed by atoms with E-state index in [0.29, 0.717) is 5.15 Å². The Morgan fingerprint density at radius 2 is 1.94 bits per heavy atom. The van der Waals surface area contributed by atoms with E-state index in [2.05, 4.69) is 33.2 Å². The van der Waals surface area contributed by atoms with Crippen LogP contribution in [0.5, 0.6) is 0 Å². The minimum Gasteiger partial charge on any atom is -0.349 e. The van der Waals surface area contributed by atoms with Gasteiger partial charge in [0.15, 0.2) is 12.0 Å². The van der Waals surface area contributed by atoms with Gasteiger partial charge in [0, 0.05) is 24.0 Å². The van der Waals surface area contributed by atoms with Crippen LogP contribution < -0.4 is 0 Å². The van der Waals surface area contributed by atoms with E-state index in [1.807, 2.05) is 49.1 Å². The number of rotatable bonds is 4. The third-order valence-corrected chi connectivity index (χ3v) is 6.58. The van der Waals surface area contributed by atoms with E-state index in [0.717, 1.165) is 29.3 Å². The average Bonchev–Trinajstić information content (AvgIpc) is 3.44. The van der Waals surface area contributed by atoms with Gasteiger partial charge in [-0.2, -0.15) is 0 Å². The maximum Gasteiger partial charge on any atom is 0.164 e. The molecule has 0 radical (unpaired) electrons. The number of pyridine rings is 1. The summed E-state index contributed by atoms with van der Waals surface area (Å²) in [6.07, 6.45) is 7.95. The van der Waals surface area contributed by atoms with Crippen LogP contribution in [0.25, 0.3) is 21.8 Å². The highest BCUT2D eigenvalue weighted by atomic mass is 35.5. The summed E-state index contributed by atoms with van der Waals surface area (Å²) in [6, 6.07) is 10.4. The summed E-state index contributed by atoms with van der Waals surface area (Å²) in [5, 5.41) is 3.55. The SMILES string of the molecule is CC1(C)O[C@@H]2[C@H](O1)[C@@H](CCc1ccc3ccncc3c1)O[C@H]2n1ccc2c(Cl)ncnc21. The van der Waals surface area contributed by atoms with Crippen molar-refractivity contribution in [3.05, 3.63) is 66.0 Å². The number of halogens is 1. The van der Waals surface area contributed by atoms with Gasteiger partial charge in [-0.25, -0.2) is 9.97 Å². The van der Waals surface area contributed by atoms with E-state index < -0.39 is 5.79 Å². The Labute approximate surface area is 190 Å². The van der Waals surface area contributed by atoms with Crippen LogP contribution in [0, 0.1) is 0 Å². The lowest BCUT2D eigenvalue weighted by Crippen LogP contribution is -2.29. The van der Waals surface area contributed by atoms with Crippen LogP contribution in [0.1, 0.15) is 32.1 Å². The normalized spacial score (nSPS) is 26.7. The van der Waals surface area contributed by atoms with E-state index in [4.69, 9.17) is 25.8 Å². The van der Waals surface area contributed by atoms with E-state index in [-0.39, 0.29) is 24.5 Å². The Morgan fingerprint density at radius 1 is 1.06 bits per heavy atom. The van der Waals surface area contributed by atoms with Gasteiger partial charge in [0.05, 0.1) is 11.5 Å². The molecule has 8 heteroatoms. The fourth-order valence-corrected chi connectivity index (χ4v) is 5.05. The maximum absolute atomic E-state index is 6.52. The second-order valence-electron chi connectivity index (χ2n) is 8.85. The number of aryl methyl sites for hydroxylation is 1. The standard InChI is InChI=1S/C24H23ClN4O3/c1-24(2)31-19-18(6-4-14-3-5-15-7-9-26-12-16(15)11-14)30-23(20(19)32-24)29-10-8-17-21(25)27-13-28-22(17)29/h3,5,7-13,18-20,23H,4,6H2,1-2H3/t18-,19-,20-,23-/m1/s1. The molecular weight excluding hydrogens is 428 g/mol. The van der Waals surface area contributed by atoms with Crippen molar-refractivity contribution in [3.63, 3.8) is 0 Å². The van der Waals surface area contributed by atoms with E-state index in [1.54, 1.807) is 0 Å². The molecule has 4 atom stereocenters. The fraction of sp³-hybridized carbons (Fsp3) is 0.375. The highest BCUT2D eigenvalue weighted by Gasteiger charge is 2.55. The van der Waals surface area contributed by atoms with Crippen molar-refractivity contribution in [1.82, 2.24) is 19.5 Å². The third kappa shape index (κ3) is 3.36. The highest BCUT2D eigenvalue weighted by molar-refractivity contribution is 6.33. The molecule has 0 aliphatic carbocycles. The number of ether oxygens (including phenoxy) is 3. The van der Waals surface area contributed by atoms with Crippen molar-refractivity contribution >= 4 is 33.4 Å². The molecular formula is C24H23ClN4O3. The van der Waals surface area contributed by atoms with E-state index in [9.17, 15) is 0 Å². The monoisotopic (exact) mass is 450 g/mol. The quantitative estimate of drug-likeness (QED) is 0.420. The minimum atomic E-state index is -0.667. The number of benzene rings is 1. The third-order valence-electron chi connectivity index (χ3n) is 6.28. The van der Waals surface area contributed by atoms with Crippen LogP contribution in [0.4, 0.5) is 0 Å². The molecule has 0 saturated carbocycles. The lowest BCUT2D eigenvalue weighted by atomic mass is 10.0. The predicted molar refractivity (Wildman–Crippen MR) is 120 cm³/mol. The topological polar surface area (TPSA) is 71.3 Å². The first-order valence-corrected chi connectivity index (χ1v) is 11.2. The highest BCUT2D eigenvalue weighted by Crippen LogP contribution is 2.45. The largest absolute Gasteiger partial charge is 0.349 e. The van der Waals surface area contributed by atoms with Gasteiger partial charge in [0.1, 0.15) is 29.3 Å². The van der Waals surface area contributed by atoms with Crippen molar-refractivity contribution < 1.29 is 14.2 Å². The number of hydrogen-bond donors (Lipinski definition) is 0. The molecule has 2 aliphatic rings. The molecule has 0 bridgehead atoms. The molecule has 0 amide bonds. The van der Waals surface area contributed by atoms with Crippen molar-refractivity contribution in [2.45, 2.75) is 57.0 Å². The molecule has 7 nitrogen and oxygen atoms in total. The molecule has 1 aromatic carbocycles. The van der Waals surface area contributed by atoms with Crippen molar-refractivity contribution in [3.8, 4) is 0 Å². The second-order valence-corrected chi connectivity index (χ2v) is 9.21. The fourth-order valence-electron chi connectivity index (χ4n) is 4.86. The van der Waals surface area contributed by atoms with Crippen molar-refractivity contribution in [2.75, 3.05) is 0 Å². The Bertz CT molecular complexity index is 1310. The predicted octanol–water partition coefficient (Wildman–Crippen LogP) is 4.68.